The Morgan fingerprint density at radius 3 is 2.10 bits per heavy atom. The molecule has 0 bridgehead atoms. The molecule has 6 nitrogen and oxygen atoms in total. The van der Waals surface area contributed by atoms with E-state index in [4.69, 9.17) is 15.2 Å². The van der Waals surface area contributed by atoms with Crippen molar-refractivity contribution < 1.29 is 19.1 Å². The van der Waals surface area contributed by atoms with Gasteiger partial charge in [0.05, 0.1) is 0 Å². The molecule has 0 aromatic heterocycles. The number of rotatable bonds is 6. The molecule has 154 valence electrons. The van der Waals surface area contributed by atoms with Gasteiger partial charge in [-0.1, -0.05) is 48.5 Å². The number of amides is 1. The van der Waals surface area contributed by atoms with Gasteiger partial charge < -0.3 is 20.5 Å². The standard InChI is InChI=1S/C23H28N2O4/c1-23(2,3)29-21(26)20(12-13-24)25-22(27)28-14-19-17-10-6-4-8-15(17)16-9-5-7-11-18(16)19/h4-11,19-20H,12-14,24H2,1-3H3,(H,25,27)/t20-/m0/s1. The summed E-state index contributed by atoms with van der Waals surface area (Å²) in [7, 11) is 0. The number of fused-ring (bicyclic) bond motifs is 3. The van der Waals surface area contributed by atoms with Gasteiger partial charge in [0, 0.05) is 5.92 Å². The summed E-state index contributed by atoms with van der Waals surface area (Å²) in [5.74, 6) is -0.556. The van der Waals surface area contributed by atoms with Crippen molar-refractivity contribution in [3.05, 3.63) is 59.7 Å². The second-order valence-electron chi connectivity index (χ2n) is 8.13. The van der Waals surface area contributed by atoms with E-state index in [1.54, 1.807) is 20.8 Å². The lowest BCUT2D eigenvalue weighted by Crippen LogP contribution is -2.45. The van der Waals surface area contributed by atoms with Crippen LogP contribution in [0.25, 0.3) is 11.1 Å². The highest BCUT2D eigenvalue weighted by atomic mass is 16.6. The number of nitrogens with two attached hydrogens (primary N) is 1. The van der Waals surface area contributed by atoms with E-state index in [1.165, 1.54) is 0 Å². The third kappa shape index (κ3) is 4.95. The van der Waals surface area contributed by atoms with E-state index in [9.17, 15) is 9.59 Å². The maximum atomic E-state index is 12.4. The Morgan fingerprint density at radius 1 is 1.03 bits per heavy atom. The van der Waals surface area contributed by atoms with Gasteiger partial charge in [0.2, 0.25) is 0 Å². The zero-order valence-electron chi connectivity index (χ0n) is 17.1. The molecule has 2 aromatic carbocycles. The Balaban J connectivity index is 1.66. The van der Waals surface area contributed by atoms with Crippen LogP contribution >= 0.6 is 0 Å². The highest BCUT2D eigenvalue weighted by Gasteiger charge is 2.30. The van der Waals surface area contributed by atoms with E-state index in [-0.39, 0.29) is 25.5 Å². The highest BCUT2D eigenvalue weighted by molar-refractivity contribution is 5.82. The summed E-state index contributed by atoms with van der Waals surface area (Å²) in [6.45, 7) is 5.75. The molecule has 0 aliphatic heterocycles. The minimum Gasteiger partial charge on any atom is -0.458 e. The quantitative estimate of drug-likeness (QED) is 0.728. The largest absolute Gasteiger partial charge is 0.458 e. The van der Waals surface area contributed by atoms with Gasteiger partial charge in [-0.2, -0.15) is 0 Å². The van der Waals surface area contributed by atoms with Crippen molar-refractivity contribution in [1.82, 2.24) is 5.32 Å². The smallest absolute Gasteiger partial charge is 0.407 e. The first kappa shape index (κ1) is 20.9. The number of alkyl carbamates (subject to hydrolysis) is 1. The van der Waals surface area contributed by atoms with Gasteiger partial charge in [0.15, 0.2) is 0 Å². The molecule has 1 atom stereocenters. The van der Waals surface area contributed by atoms with Gasteiger partial charge in [-0.05, 0) is 56.0 Å². The SMILES string of the molecule is CC(C)(C)OC(=O)[C@H](CCN)NC(=O)OCC1c2ccccc2-c2ccccc21. The normalized spacial score (nSPS) is 13.9. The van der Waals surface area contributed by atoms with Crippen molar-refractivity contribution in [2.24, 2.45) is 5.73 Å². The zero-order valence-corrected chi connectivity index (χ0v) is 17.1. The van der Waals surface area contributed by atoms with Crippen molar-refractivity contribution in [2.75, 3.05) is 13.2 Å². The second kappa shape index (κ2) is 8.66. The van der Waals surface area contributed by atoms with Crippen molar-refractivity contribution in [2.45, 2.75) is 44.8 Å². The Hall–Kier alpha value is -2.86. The van der Waals surface area contributed by atoms with Crippen molar-refractivity contribution >= 4 is 12.1 Å². The minimum atomic E-state index is -0.838. The fraction of sp³-hybridized carbons (Fsp3) is 0.391. The molecule has 0 saturated carbocycles. The topological polar surface area (TPSA) is 90.6 Å². The van der Waals surface area contributed by atoms with Crippen LogP contribution in [-0.2, 0) is 14.3 Å². The zero-order chi connectivity index (χ0) is 21.0. The van der Waals surface area contributed by atoms with Gasteiger partial charge in [0.25, 0.3) is 0 Å². The van der Waals surface area contributed by atoms with Gasteiger partial charge in [-0.3, -0.25) is 0 Å². The molecule has 0 heterocycles. The monoisotopic (exact) mass is 396 g/mol. The molecule has 2 aromatic rings. The van der Waals surface area contributed by atoms with Crippen LogP contribution in [0.3, 0.4) is 0 Å². The Labute approximate surface area is 171 Å². The molecular weight excluding hydrogens is 368 g/mol. The summed E-state index contributed by atoms with van der Waals surface area (Å²) in [6.07, 6.45) is -0.379. The molecule has 3 rings (SSSR count). The molecule has 29 heavy (non-hydrogen) atoms. The molecule has 1 aliphatic carbocycles. The van der Waals surface area contributed by atoms with E-state index in [2.05, 4.69) is 29.6 Å². The maximum absolute atomic E-state index is 12.4. The van der Waals surface area contributed by atoms with Crippen LogP contribution in [0.4, 0.5) is 4.79 Å². The Morgan fingerprint density at radius 2 is 1.59 bits per heavy atom. The Kier molecular flexibility index (Phi) is 6.23. The molecule has 0 spiro atoms. The third-order valence-electron chi connectivity index (χ3n) is 4.78. The lowest BCUT2D eigenvalue weighted by Gasteiger charge is -2.24. The molecule has 0 unspecified atom stereocenters. The lowest BCUT2D eigenvalue weighted by atomic mass is 9.98. The van der Waals surface area contributed by atoms with Gasteiger partial charge in [-0.15, -0.1) is 0 Å². The van der Waals surface area contributed by atoms with E-state index in [1.807, 2.05) is 24.3 Å². The summed E-state index contributed by atoms with van der Waals surface area (Å²) >= 11 is 0. The van der Waals surface area contributed by atoms with Crippen LogP contribution in [0.2, 0.25) is 0 Å². The Bertz CT molecular complexity index is 843. The summed E-state index contributed by atoms with van der Waals surface area (Å²) < 4.78 is 10.9. The number of hydrogen-bond donors (Lipinski definition) is 2. The molecule has 1 amide bonds. The molecule has 0 radical (unpaired) electrons. The lowest BCUT2D eigenvalue weighted by molar-refractivity contribution is -0.157. The first-order valence-corrected chi connectivity index (χ1v) is 9.84. The third-order valence-corrected chi connectivity index (χ3v) is 4.78. The van der Waals surface area contributed by atoms with Crippen LogP contribution in [0, 0.1) is 0 Å². The van der Waals surface area contributed by atoms with Crippen LogP contribution in [0.15, 0.2) is 48.5 Å². The molecular formula is C23H28N2O4. The predicted molar refractivity (Wildman–Crippen MR) is 112 cm³/mol. The second-order valence-corrected chi connectivity index (χ2v) is 8.13. The average Bonchev–Trinajstić information content (AvgIpc) is 2.99. The predicted octanol–water partition coefficient (Wildman–Crippen LogP) is 3.58. The summed E-state index contributed by atoms with van der Waals surface area (Å²) in [5, 5.41) is 2.60. The number of hydrogen-bond acceptors (Lipinski definition) is 5. The average molecular weight is 396 g/mol. The van der Waals surface area contributed by atoms with Crippen molar-refractivity contribution in [1.29, 1.82) is 0 Å². The van der Waals surface area contributed by atoms with Gasteiger partial charge in [0.1, 0.15) is 18.2 Å². The molecule has 0 fully saturated rings. The first-order valence-electron chi connectivity index (χ1n) is 9.84. The minimum absolute atomic E-state index is 0.0392. The summed E-state index contributed by atoms with van der Waals surface area (Å²) in [4.78, 5) is 24.7. The van der Waals surface area contributed by atoms with Crippen LogP contribution in [-0.4, -0.2) is 36.9 Å². The number of benzene rings is 2. The van der Waals surface area contributed by atoms with Gasteiger partial charge >= 0.3 is 12.1 Å². The van der Waals surface area contributed by atoms with Gasteiger partial charge in [-0.25, -0.2) is 9.59 Å². The number of carbonyl (C=O) groups is 2. The highest BCUT2D eigenvalue weighted by Crippen LogP contribution is 2.44. The molecule has 0 saturated heterocycles. The molecule has 1 aliphatic rings. The van der Waals surface area contributed by atoms with Crippen LogP contribution in [0.1, 0.15) is 44.2 Å². The van der Waals surface area contributed by atoms with Crippen LogP contribution in [0.5, 0.6) is 0 Å². The van der Waals surface area contributed by atoms with E-state index in [0.717, 1.165) is 22.3 Å². The number of nitrogens with one attached hydrogen (secondary N) is 1. The summed E-state index contributed by atoms with van der Waals surface area (Å²) in [5.41, 5.74) is 9.52. The maximum Gasteiger partial charge on any atom is 0.407 e. The van der Waals surface area contributed by atoms with Crippen molar-refractivity contribution in [3.63, 3.8) is 0 Å². The number of esters is 1. The molecule has 3 N–H and O–H groups in total. The number of carbonyl (C=O) groups excluding carboxylic acids is 2. The van der Waals surface area contributed by atoms with E-state index < -0.39 is 23.7 Å². The van der Waals surface area contributed by atoms with Crippen LogP contribution < -0.4 is 11.1 Å². The number of ether oxygens (including phenoxy) is 2. The van der Waals surface area contributed by atoms with E-state index >= 15 is 0 Å². The first-order chi connectivity index (χ1) is 13.8. The van der Waals surface area contributed by atoms with E-state index in [0.29, 0.717) is 0 Å². The van der Waals surface area contributed by atoms with Crippen molar-refractivity contribution in [3.8, 4) is 11.1 Å². The molecule has 6 heteroatoms. The fourth-order valence-corrected chi connectivity index (χ4v) is 3.57. The fourth-order valence-electron chi connectivity index (χ4n) is 3.57. The summed E-state index contributed by atoms with van der Waals surface area (Å²) in [6, 6.07) is 15.4.